The first-order valence-corrected chi connectivity index (χ1v) is 15.2. The molecule has 1 atom stereocenters. The Morgan fingerprint density at radius 2 is 1.65 bits per heavy atom. The molecule has 0 aliphatic carbocycles. The number of methoxy groups -OCH3 is 1. The summed E-state index contributed by atoms with van der Waals surface area (Å²) < 4.78 is 7.02. The Balaban J connectivity index is 1.63. The van der Waals surface area contributed by atoms with Crippen molar-refractivity contribution >= 4 is 16.8 Å². The predicted molar refractivity (Wildman–Crippen MR) is 162 cm³/mol. The monoisotopic (exact) mass is 546 g/mol. The molecule has 1 aromatic heterocycles. The third kappa shape index (κ3) is 7.51. The molecule has 1 amide bonds. The first-order chi connectivity index (χ1) is 19.5. The van der Waals surface area contributed by atoms with Gasteiger partial charge in [-0.1, -0.05) is 57.6 Å². The van der Waals surface area contributed by atoms with Crippen molar-refractivity contribution in [2.45, 2.75) is 84.1 Å². The Labute approximate surface area is 239 Å². The molecule has 0 radical (unpaired) electrons. The number of amides is 1. The highest BCUT2D eigenvalue weighted by atomic mass is 16.5. The fourth-order valence-corrected chi connectivity index (χ4v) is 5.72. The molecule has 1 aliphatic heterocycles. The van der Waals surface area contributed by atoms with E-state index in [1.54, 1.807) is 11.7 Å². The number of hydrogen-bond donors (Lipinski definition) is 0. The summed E-state index contributed by atoms with van der Waals surface area (Å²) in [6.07, 6.45) is 11.2. The average molecular weight is 547 g/mol. The van der Waals surface area contributed by atoms with Gasteiger partial charge in [0.15, 0.2) is 0 Å². The number of carbonyl (C=O) groups excluding carboxylic acids is 1. The SMILES string of the molecule is CCCCCCCCCC(=O)N(CCN1CCCC1)C(C)c1nc2ccccc2c(=O)n1-c1ccc(OC)cc1. The number of aromatic nitrogens is 2. The maximum atomic E-state index is 13.9. The summed E-state index contributed by atoms with van der Waals surface area (Å²) in [5.74, 6) is 1.45. The van der Waals surface area contributed by atoms with Crippen molar-refractivity contribution in [1.82, 2.24) is 19.4 Å². The second-order valence-electron chi connectivity index (χ2n) is 11.0. The van der Waals surface area contributed by atoms with E-state index < -0.39 is 0 Å². The lowest BCUT2D eigenvalue weighted by molar-refractivity contribution is -0.134. The highest BCUT2D eigenvalue weighted by Crippen LogP contribution is 2.25. The Kier molecular flexibility index (Phi) is 11.2. The van der Waals surface area contributed by atoms with Crippen LogP contribution < -0.4 is 10.3 Å². The van der Waals surface area contributed by atoms with Crippen molar-refractivity contribution in [2.75, 3.05) is 33.3 Å². The Morgan fingerprint density at radius 3 is 2.35 bits per heavy atom. The third-order valence-corrected chi connectivity index (χ3v) is 8.14. The molecule has 0 saturated carbocycles. The summed E-state index contributed by atoms with van der Waals surface area (Å²) >= 11 is 0. The van der Waals surface area contributed by atoms with Crippen LogP contribution in [-0.2, 0) is 4.79 Å². The van der Waals surface area contributed by atoms with Crippen LogP contribution in [0.3, 0.4) is 0 Å². The molecular formula is C33H46N4O3. The number of likely N-dealkylation sites (tertiary alicyclic amines) is 1. The fourth-order valence-electron chi connectivity index (χ4n) is 5.72. The number of benzene rings is 2. The molecule has 0 N–H and O–H groups in total. The van der Waals surface area contributed by atoms with Crippen molar-refractivity contribution in [1.29, 1.82) is 0 Å². The number of unbranched alkanes of at least 4 members (excludes halogenated alkanes) is 6. The van der Waals surface area contributed by atoms with Gasteiger partial charge in [-0.2, -0.15) is 0 Å². The molecular weight excluding hydrogens is 500 g/mol. The molecule has 40 heavy (non-hydrogen) atoms. The molecule has 2 heterocycles. The summed E-state index contributed by atoms with van der Waals surface area (Å²) in [6, 6.07) is 14.5. The van der Waals surface area contributed by atoms with Crippen molar-refractivity contribution in [3.8, 4) is 11.4 Å². The highest BCUT2D eigenvalue weighted by Gasteiger charge is 2.27. The smallest absolute Gasteiger partial charge is 0.266 e. The van der Waals surface area contributed by atoms with Gasteiger partial charge in [0, 0.05) is 19.5 Å². The van der Waals surface area contributed by atoms with Gasteiger partial charge >= 0.3 is 0 Å². The van der Waals surface area contributed by atoms with Crippen LogP contribution in [-0.4, -0.2) is 58.5 Å². The zero-order valence-electron chi connectivity index (χ0n) is 24.6. The van der Waals surface area contributed by atoms with Crippen LogP contribution in [0.4, 0.5) is 0 Å². The number of fused-ring (bicyclic) bond motifs is 1. The van der Waals surface area contributed by atoms with Crippen LogP contribution >= 0.6 is 0 Å². The zero-order chi connectivity index (χ0) is 28.3. The van der Waals surface area contributed by atoms with E-state index in [2.05, 4.69) is 11.8 Å². The van der Waals surface area contributed by atoms with Gasteiger partial charge in [0.05, 0.1) is 29.7 Å². The Bertz CT molecular complexity index is 1280. The van der Waals surface area contributed by atoms with E-state index in [0.29, 0.717) is 35.4 Å². The van der Waals surface area contributed by atoms with Gasteiger partial charge in [0.25, 0.3) is 5.56 Å². The normalized spacial score (nSPS) is 14.5. The molecule has 1 saturated heterocycles. The van der Waals surface area contributed by atoms with Crippen LogP contribution in [0.15, 0.2) is 53.3 Å². The van der Waals surface area contributed by atoms with E-state index in [0.717, 1.165) is 38.2 Å². The van der Waals surface area contributed by atoms with E-state index in [-0.39, 0.29) is 17.5 Å². The third-order valence-electron chi connectivity index (χ3n) is 8.14. The summed E-state index contributed by atoms with van der Waals surface area (Å²) in [5, 5.41) is 0.562. The van der Waals surface area contributed by atoms with Crippen molar-refractivity contribution in [2.24, 2.45) is 0 Å². The lowest BCUT2D eigenvalue weighted by atomic mass is 10.1. The first-order valence-electron chi connectivity index (χ1n) is 15.2. The lowest BCUT2D eigenvalue weighted by Gasteiger charge is -2.32. The lowest BCUT2D eigenvalue weighted by Crippen LogP contribution is -2.41. The zero-order valence-corrected chi connectivity index (χ0v) is 24.6. The molecule has 1 aliphatic rings. The minimum absolute atomic E-state index is 0.128. The molecule has 0 bridgehead atoms. The molecule has 1 fully saturated rings. The van der Waals surface area contributed by atoms with Gasteiger partial charge in [-0.15, -0.1) is 0 Å². The average Bonchev–Trinajstić information content (AvgIpc) is 3.50. The van der Waals surface area contributed by atoms with E-state index in [4.69, 9.17) is 9.72 Å². The molecule has 7 heteroatoms. The molecule has 0 spiro atoms. The summed E-state index contributed by atoms with van der Waals surface area (Å²) in [5.41, 5.74) is 1.24. The summed E-state index contributed by atoms with van der Waals surface area (Å²) in [7, 11) is 1.63. The summed E-state index contributed by atoms with van der Waals surface area (Å²) in [6.45, 7) is 7.88. The van der Waals surface area contributed by atoms with Gasteiger partial charge in [-0.05, 0) is 75.7 Å². The number of rotatable bonds is 15. The number of hydrogen-bond acceptors (Lipinski definition) is 5. The second kappa shape index (κ2) is 15.0. The van der Waals surface area contributed by atoms with Crippen LogP contribution in [0.25, 0.3) is 16.6 Å². The maximum absolute atomic E-state index is 13.9. The van der Waals surface area contributed by atoms with E-state index >= 15 is 0 Å². The van der Waals surface area contributed by atoms with Crippen LogP contribution in [0, 0.1) is 0 Å². The van der Waals surface area contributed by atoms with E-state index in [1.807, 2.05) is 60.4 Å². The second-order valence-corrected chi connectivity index (χ2v) is 11.0. The van der Waals surface area contributed by atoms with Gasteiger partial charge in [-0.25, -0.2) is 4.98 Å². The summed E-state index contributed by atoms with van der Waals surface area (Å²) in [4.78, 5) is 37.0. The van der Waals surface area contributed by atoms with Crippen molar-refractivity contribution < 1.29 is 9.53 Å². The first kappa shape index (κ1) is 29.8. The molecule has 4 rings (SSSR count). The highest BCUT2D eigenvalue weighted by molar-refractivity contribution is 5.79. The van der Waals surface area contributed by atoms with Gasteiger partial charge in [0.1, 0.15) is 11.6 Å². The fraction of sp³-hybridized carbons (Fsp3) is 0.545. The van der Waals surface area contributed by atoms with Crippen LogP contribution in [0.5, 0.6) is 5.75 Å². The van der Waals surface area contributed by atoms with Crippen LogP contribution in [0.2, 0.25) is 0 Å². The quantitative estimate of drug-likeness (QED) is 0.203. The minimum atomic E-state index is -0.362. The standard InChI is InChI=1S/C33H46N4O3/c1-4-5-6-7-8-9-10-17-31(38)36(25-24-35-22-13-14-23-35)26(2)32-34-30-16-12-11-15-29(30)33(39)37(32)27-18-20-28(40-3)21-19-27/h11-12,15-16,18-21,26H,4-10,13-14,17,22-25H2,1-3H3. The number of ether oxygens (including phenoxy) is 1. The molecule has 7 nitrogen and oxygen atoms in total. The number of nitrogens with zero attached hydrogens (tertiary/aromatic N) is 4. The Hall–Kier alpha value is -3.19. The predicted octanol–water partition coefficient (Wildman–Crippen LogP) is 6.52. The van der Waals surface area contributed by atoms with E-state index in [1.165, 1.54) is 44.9 Å². The van der Waals surface area contributed by atoms with Gasteiger partial charge in [-0.3, -0.25) is 14.2 Å². The van der Waals surface area contributed by atoms with Gasteiger partial charge < -0.3 is 14.5 Å². The topological polar surface area (TPSA) is 67.7 Å². The number of carbonyl (C=O) groups is 1. The maximum Gasteiger partial charge on any atom is 0.266 e. The molecule has 1 unspecified atom stereocenters. The van der Waals surface area contributed by atoms with Crippen LogP contribution in [0.1, 0.15) is 89.9 Å². The Morgan fingerprint density at radius 1 is 0.975 bits per heavy atom. The van der Waals surface area contributed by atoms with Gasteiger partial charge in [0.2, 0.25) is 5.91 Å². The van der Waals surface area contributed by atoms with Crippen molar-refractivity contribution in [3.63, 3.8) is 0 Å². The molecule has 3 aromatic rings. The minimum Gasteiger partial charge on any atom is -0.497 e. The van der Waals surface area contributed by atoms with E-state index in [9.17, 15) is 9.59 Å². The number of para-hydroxylation sites is 1. The molecule has 2 aromatic carbocycles. The van der Waals surface area contributed by atoms with Crippen molar-refractivity contribution in [3.05, 3.63) is 64.7 Å². The molecule has 216 valence electrons. The largest absolute Gasteiger partial charge is 0.497 e.